The predicted molar refractivity (Wildman–Crippen MR) is 49.8 cm³/mol. The molecule has 0 aromatic heterocycles. The summed E-state index contributed by atoms with van der Waals surface area (Å²) in [4.78, 5) is 11.0. The Labute approximate surface area is 74.0 Å². The van der Waals surface area contributed by atoms with Crippen LogP contribution in [0.1, 0.15) is 32.6 Å². The molecule has 0 bridgehead atoms. The lowest BCUT2D eigenvalue weighted by atomic mass is 9.87. The Morgan fingerprint density at radius 3 is 2.92 bits per heavy atom. The molecule has 68 valence electrons. The second kappa shape index (κ2) is 4.29. The van der Waals surface area contributed by atoms with Gasteiger partial charge in [0.15, 0.2) is 0 Å². The van der Waals surface area contributed by atoms with Crippen LogP contribution in [0, 0.1) is 5.92 Å². The van der Waals surface area contributed by atoms with Crippen LogP contribution in [0.3, 0.4) is 0 Å². The maximum Gasteiger partial charge on any atom is 0.243 e. The van der Waals surface area contributed by atoms with E-state index in [4.69, 9.17) is 0 Å². The summed E-state index contributed by atoms with van der Waals surface area (Å²) >= 11 is 0. The molecule has 0 spiro atoms. The smallest absolute Gasteiger partial charge is 0.243 e. The average Bonchev–Trinajstić information content (AvgIpc) is 2.04. The summed E-state index contributed by atoms with van der Waals surface area (Å²) in [6, 6.07) is 0.388. The van der Waals surface area contributed by atoms with Gasteiger partial charge in [-0.15, -0.1) is 0 Å². The van der Waals surface area contributed by atoms with E-state index in [2.05, 4.69) is 18.8 Å². The number of carbonyl (C=O) groups is 1. The lowest BCUT2D eigenvalue weighted by Crippen LogP contribution is -2.36. The van der Waals surface area contributed by atoms with Gasteiger partial charge >= 0.3 is 0 Å². The van der Waals surface area contributed by atoms with Crippen molar-refractivity contribution in [2.45, 2.75) is 38.6 Å². The second-order valence-corrected chi connectivity index (χ2v) is 3.68. The molecular weight excluding hydrogens is 150 g/mol. The topological polar surface area (TPSA) is 29.1 Å². The number of amides is 1. The summed E-state index contributed by atoms with van der Waals surface area (Å²) in [7, 11) is 0. The van der Waals surface area contributed by atoms with Crippen molar-refractivity contribution in [3.63, 3.8) is 0 Å². The molecule has 0 unspecified atom stereocenters. The molecule has 1 rings (SSSR count). The van der Waals surface area contributed by atoms with Crippen LogP contribution in [0.4, 0.5) is 0 Å². The fraction of sp³-hybridized carbons (Fsp3) is 0.700. The van der Waals surface area contributed by atoms with Gasteiger partial charge in [-0.25, -0.2) is 0 Å². The number of hydrogen-bond donors (Lipinski definition) is 1. The number of nitrogens with one attached hydrogen (secondary N) is 1. The van der Waals surface area contributed by atoms with Gasteiger partial charge in [0.05, 0.1) is 0 Å². The van der Waals surface area contributed by atoms with Gasteiger partial charge in [-0.1, -0.05) is 26.3 Å². The van der Waals surface area contributed by atoms with Crippen LogP contribution in [0.25, 0.3) is 0 Å². The van der Waals surface area contributed by atoms with Crippen molar-refractivity contribution in [2.24, 2.45) is 5.92 Å². The molecular formula is C10H17NO. The van der Waals surface area contributed by atoms with Crippen molar-refractivity contribution in [2.75, 3.05) is 0 Å². The lowest BCUT2D eigenvalue weighted by Gasteiger charge is -2.26. The van der Waals surface area contributed by atoms with Crippen LogP contribution in [0.15, 0.2) is 12.7 Å². The molecule has 1 saturated carbocycles. The van der Waals surface area contributed by atoms with Crippen molar-refractivity contribution < 1.29 is 4.79 Å². The Morgan fingerprint density at radius 1 is 1.58 bits per heavy atom. The largest absolute Gasteiger partial charge is 0.350 e. The molecule has 1 fully saturated rings. The highest BCUT2D eigenvalue weighted by Gasteiger charge is 2.19. The minimum atomic E-state index is -0.0332. The Bertz CT molecular complexity index is 177. The normalized spacial score (nSPS) is 29.4. The average molecular weight is 167 g/mol. The van der Waals surface area contributed by atoms with Crippen LogP contribution >= 0.6 is 0 Å². The third-order valence-corrected chi connectivity index (χ3v) is 2.47. The highest BCUT2D eigenvalue weighted by molar-refractivity contribution is 5.87. The number of rotatable bonds is 2. The van der Waals surface area contributed by atoms with E-state index in [1.165, 1.54) is 18.9 Å². The molecule has 0 aromatic rings. The predicted octanol–water partition coefficient (Wildman–Crippen LogP) is 1.87. The van der Waals surface area contributed by atoms with Crippen LogP contribution in [-0.2, 0) is 4.79 Å². The minimum absolute atomic E-state index is 0.0332. The molecule has 2 heteroatoms. The van der Waals surface area contributed by atoms with Gasteiger partial charge in [-0.05, 0) is 24.8 Å². The molecule has 0 saturated heterocycles. The standard InChI is InChI=1S/C10H17NO/c1-3-10(12)11-9-6-4-5-8(2)7-9/h3,8-9H,1,4-7H2,2H3,(H,11,12)/t8-,9-/m0/s1. The van der Waals surface area contributed by atoms with Gasteiger partial charge in [-0.3, -0.25) is 4.79 Å². The summed E-state index contributed by atoms with van der Waals surface area (Å²) in [5.41, 5.74) is 0. The molecule has 1 aliphatic rings. The first-order valence-corrected chi connectivity index (χ1v) is 4.65. The summed E-state index contributed by atoms with van der Waals surface area (Å²) in [5, 5.41) is 2.94. The van der Waals surface area contributed by atoms with Crippen molar-refractivity contribution >= 4 is 5.91 Å². The van der Waals surface area contributed by atoms with Crippen molar-refractivity contribution in [1.29, 1.82) is 0 Å². The van der Waals surface area contributed by atoms with E-state index in [9.17, 15) is 4.79 Å². The third-order valence-electron chi connectivity index (χ3n) is 2.47. The number of hydrogen-bond acceptors (Lipinski definition) is 1. The molecule has 12 heavy (non-hydrogen) atoms. The fourth-order valence-corrected chi connectivity index (χ4v) is 1.83. The molecule has 0 heterocycles. The molecule has 1 amide bonds. The summed E-state index contributed by atoms with van der Waals surface area (Å²) in [6.07, 6.45) is 6.15. The van der Waals surface area contributed by atoms with E-state index in [0.717, 1.165) is 18.8 Å². The zero-order valence-corrected chi connectivity index (χ0v) is 7.68. The highest BCUT2D eigenvalue weighted by Crippen LogP contribution is 2.23. The Morgan fingerprint density at radius 2 is 2.33 bits per heavy atom. The van der Waals surface area contributed by atoms with E-state index in [0.29, 0.717) is 6.04 Å². The maximum atomic E-state index is 11.0. The second-order valence-electron chi connectivity index (χ2n) is 3.68. The molecule has 1 aliphatic carbocycles. The molecule has 2 nitrogen and oxygen atoms in total. The monoisotopic (exact) mass is 167 g/mol. The number of carbonyl (C=O) groups excluding carboxylic acids is 1. The lowest BCUT2D eigenvalue weighted by molar-refractivity contribution is -0.117. The molecule has 1 N–H and O–H groups in total. The van der Waals surface area contributed by atoms with Crippen molar-refractivity contribution in [1.82, 2.24) is 5.32 Å². The summed E-state index contributed by atoms with van der Waals surface area (Å²) < 4.78 is 0. The van der Waals surface area contributed by atoms with Gasteiger partial charge in [0.1, 0.15) is 0 Å². The van der Waals surface area contributed by atoms with Crippen molar-refractivity contribution in [3.05, 3.63) is 12.7 Å². The Hall–Kier alpha value is -0.790. The first kappa shape index (κ1) is 9.30. The van der Waals surface area contributed by atoms with E-state index in [-0.39, 0.29) is 5.91 Å². The molecule has 0 radical (unpaired) electrons. The van der Waals surface area contributed by atoms with Crippen LogP contribution in [-0.4, -0.2) is 11.9 Å². The summed E-state index contributed by atoms with van der Waals surface area (Å²) in [6.45, 7) is 5.68. The molecule has 0 aromatic carbocycles. The Balaban J connectivity index is 2.31. The minimum Gasteiger partial charge on any atom is -0.350 e. The fourth-order valence-electron chi connectivity index (χ4n) is 1.83. The zero-order chi connectivity index (χ0) is 8.97. The van der Waals surface area contributed by atoms with Gasteiger partial charge in [0.2, 0.25) is 5.91 Å². The van der Waals surface area contributed by atoms with Crippen molar-refractivity contribution in [3.8, 4) is 0 Å². The highest BCUT2D eigenvalue weighted by atomic mass is 16.1. The van der Waals surface area contributed by atoms with E-state index < -0.39 is 0 Å². The SMILES string of the molecule is C=CC(=O)N[C@H]1CCC[C@H](C)C1. The van der Waals surface area contributed by atoms with E-state index in [1.807, 2.05) is 0 Å². The summed E-state index contributed by atoms with van der Waals surface area (Å²) in [5.74, 6) is 0.725. The van der Waals surface area contributed by atoms with Gasteiger partial charge in [0.25, 0.3) is 0 Å². The van der Waals surface area contributed by atoms with Gasteiger partial charge < -0.3 is 5.32 Å². The van der Waals surface area contributed by atoms with Crippen LogP contribution < -0.4 is 5.32 Å². The van der Waals surface area contributed by atoms with Gasteiger partial charge in [0, 0.05) is 6.04 Å². The zero-order valence-electron chi connectivity index (χ0n) is 7.68. The first-order chi connectivity index (χ1) is 5.72. The third kappa shape index (κ3) is 2.68. The van der Waals surface area contributed by atoms with E-state index in [1.54, 1.807) is 0 Å². The van der Waals surface area contributed by atoms with Crippen LogP contribution in [0.5, 0.6) is 0 Å². The quantitative estimate of drug-likeness (QED) is 0.625. The van der Waals surface area contributed by atoms with Crippen LogP contribution in [0.2, 0.25) is 0 Å². The molecule has 0 aliphatic heterocycles. The maximum absolute atomic E-state index is 11.0. The van der Waals surface area contributed by atoms with Gasteiger partial charge in [-0.2, -0.15) is 0 Å². The first-order valence-electron chi connectivity index (χ1n) is 4.65. The Kier molecular flexibility index (Phi) is 3.32. The van der Waals surface area contributed by atoms with E-state index >= 15 is 0 Å². The molecule has 2 atom stereocenters.